The maximum absolute atomic E-state index is 9.01. The van der Waals surface area contributed by atoms with E-state index >= 15 is 0 Å². The van der Waals surface area contributed by atoms with Crippen LogP contribution in [0, 0.1) is 17.2 Å². The highest BCUT2D eigenvalue weighted by Crippen LogP contribution is 2.26. The Balaban J connectivity index is 2.20. The first-order valence-corrected chi connectivity index (χ1v) is 6.07. The lowest BCUT2D eigenvalue weighted by Crippen LogP contribution is -2.35. The number of anilines is 1. The van der Waals surface area contributed by atoms with Gasteiger partial charge in [0, 0.05) is 18.8 Å². The molecule has 0 saturated carbocycles. The number of aryl methyl sites for hydroxylation is 1. The first kappa shape index (κ1) is 11.0. The van der Waals surface area contributed by atoms with Crippen LogP contribution in [0.4, 0.5) is 5.69 Å². The Bertz CT molecular complexity index is 392. The molecule has 1 aromatic carbocycles. The SMILES string of the molecule is CCc1ccccc1N1CCCC(C#N)C1. The van der Waals surface area contributed by atoms with Crippen LogP contribution in [0.3, 0.4) is 0 Å². The van der Waals surface area contributed by atoms with E-state index < -0.39 is 0 Å². The summed E-state index contributed by atoms with van der Waals surface area (Å²) in [6, 6.07) is 10.9. The fourth-order valence-corrected chi connectivity index (χ4v) is 2.42. The molecule has 0 N–H and O–H groups in total. The minimum absolute atomic E-state index is 0.207. The van der Waals surface area contributed by atoms with E-state index in [1.165, 1.54) is 11.3 Å². The fraction of sp³-hybridized carbons (Fsp3) is 0.500. The maximum Gasteiger partial charge on any atom is 0.0674 e. The van der Waals surface area contributed by atoms with Crippen molar-refractivity contribution in [2.24, 2.45) is 5.92 Å². The van der Waals surface area contributed by atoms with E-state index in [0.29, 0.717) is 0 Å². The molecule has 1 fully saturated rings. The zero-order chi connectivity index (χ0) is 11.4. The molecule has 1 aliphatic heterocycles. The zero-order valence-corrected chi connectivity index (χ0v) is 9.82. The molecule has 1 heterocycles. The Morgan fingerprint density at radius 3 is 3.00 bits per heavy atom. The summed E-state index contributed by atoms with van der Waals surface area (Å²) < 4.78 is 0. The van der Waals surface area contributed by atoms with Crippen LogP contribution >= 0.6 is 0 Å². The number of nitrogens with zero attached hydrogens (tertiary/aromatic N) is 2. The Kier molecular flexibility index (Phi) is 3.46. The number of hydrogen-bond donors (Lipinski definition) is 0. The maximum atomic E-state index is 9.01. The number of hydrogen-bond acceptors (Lipinski definition) is 2. The minimum Gasteiger partial charge on any atom is -0.370 e. The summed E-state index contributed by atoms with van der Waals surface area (Å²) in [5.74, 6) is 0.207. The van der Waals surface area contributed by atoms with Gasteiger partial charge in [-0.05, 0) is 30.9 Å². The minimum atomic E-state index is 0.207. The Morgan fingerprint density at radius 1 is 1.44 bits per heavy atom. The smallest absolute Gasteiger partial charge is 0.0674 e. The molecule has 16 heavy (non-hydrogen) atoms. The Labute approximate surface area is 97.5 Å². The average molecular weight is 214 g/mol. The van der Waals surface area contributed by atoms with Crippen molar-refractivity contribution in [2.75, 3.05) is 18.0 Å². The summed E-state index contributed by atoms with van der Waals surface area (Å²) in [6.07, 6.45) is 3.25. The Hall–Kier alpha value is -1.49. The van der Waals surface area contributed by atoms with Crippen molar-refractivity contribution < 1.29 is 0 Å². The van der Waals surface area contributed by atoms with Gasteiger partial charge in [0.05, 0.1) is 12.0 Å². The number of piperidine rings is 1. The van der Waals surface area contributed by atoms with Crippen molar-refractivity contribution in [1.82, 2.24) is 0 Å². The topological polar surface area (TPSA) is 27.0 Å². The van der Waals surface area contributed by atoms with Crippen LogP contribution in [0.15, 0.2) is 24.3 Å². The molecule has 2 nitrogen and oxygen atoms in total. The van der Waals surface area contributed by atoms with E-state index in [0.717, 1.165) is 32.4 Å². The molecule has 1 saturated heterocycles. The summed E-state index contributed by atoms with van der Waals surface area (Å²) in [5.41, 5.74) is 2.71. The first-order valence-electron chi connectivity index (χ1n) is 6.07. The van der Waals surface area contributed by atoms with E-state index in [1.54, 1.807) is 0 Å². The van der Waals surface area contributed by atoms with Crippen LogP contribution in [-0.2, 0) is 6.42 Å². The van der Waals surface area contributed by atoms with Crippen LogP contribution < -0.4 is 4.90 Å². The van der Waals surface area contributed by atoms with Gasteiger partial charge >= 0.3 is 0 Å². The van der Waals surface area contributed by atoms with Crippen molar-refractivity contribution in [3.8, 4) is 6.07 Å². The third-order valence-electron chi connectivity index (χ3n) is 3.32. The Morgan fingerprint density at radius 2 is 2.25 bits per heavy atom. The number of nitriles is 1. The van der Waals surface area contributed by atoms with E-state index in [2.05, 4.69) is 42.2 Å². The summed E-state index contributed by atoms with van der Waals surface area (Å²) in [4.78, 5) is 2.37. The lowest BCUT2D eigenvalue weighted by molar-refractivity contribution is 0.493. The third kappa shape index (κ3) is 2.19. The van der Waals surface area contributed by atoms with Crippen LogP contribution in [0.5, 0.6) is 0 Å². The van der Waals surface area contributed by atoms with E-state index in [4.69, 9.17) is 5.26 Å². The lowest BCUT2D eigenvalue weighted by atomic mass is 9.98. The molecule has 2 rings (SSSR count). The fourth-order valence-electron chi connectivity index (χ4n) is 2.42. The monoisotopic (exact) mass is 214 g/mol. The highest BCUT2D eigenvalue weighted by molar-refractivity contribution is 5.54. The second kappa shape index (κ2) is 5.03. The summed E-state index contributed by atoms with van der Waals surface area (Å²) >= 11 is 0. The number of rotatable bonds is 2. The molecule has 0 aromatic heterocycles. The normalized spacial score (nSPS) is 20.5. The molecule has 1 unspecified atom stereocenters. The van der Waals surface area contributed by atoms with E-state index in [9.17, 15) is 0 Å². The zero-order valence-electron chi connectivity index (χ0n) is 9.82. The van der Waals surface area contributed by atoms with Gasteiger partial charge in [0.1, 0.15) is 0 Å². The second-order valence-electron chi connectivity index (χ2n) is 4.40. The van der Waals surface area contributed by atoms with Gasteiger partial charge in [-0.3, -0.25) is 0 Å². The molecule has 0 radical (unpaired) electrons. The van der Waals surface area contributed by atoms with Gasteiger partial charge in [-0.25, -0.2) is 0 Å². The van der Waals surface area contributed by atoms with Gasteiger partial charge in [0.2, 0.25) is 0 Å². The largest absolute Gasteiger partial charge is 0.370 e. The van der Waals surface area contributed by atoms with Gasteiger partial charge < -0.3 is 4.90 Å². The molecule has 1 aliphatic rings. The summed E-state index contributed by atoms with van der Waals surface area (Å²) in [6.45, 7) is 4.17. The highest BCUT2D eigenvalue weighted by atomic mass is 15.1. The van der Waals surface area contributed by atoms with Gasteiger partial charge in [-0.1, -0.05) is 25.1 Å². The van der Waals surface area contributed by atoms with Gasteiger partial charge in [-0.15, -0.1) is 0 Å². The summed E-state index contributed by atoms with van der Waals surface area (Å²) in [7, 11) is 0. The standard InChI is InChI=1S/C14H18N2/c1-2-13-7-3-4-8-14(13)16-9-5-6-12(10-15)11-16/h3-4,7-8,12H,2,5-6,9,11H2,1H3. The highest BCUT2D eigenvalue weighted by Gasteiger charge is 2.20. The average Bonchev–Trinajstić information content (AvgIpc) is 2.38. The van der Waals surface area contributed by atoms with Crippen LogP contribution in [0.2, 0.25) is 0 Å². The van der Waals surface area contributed by atoms with Gasteiger partial charge in [-0.2, -0.15) is 5.26 Å². The molecular formula is C14H18N2. The predicted octanol–water partition coefficient (Wildman–Crippen LogP) is 2.99. The molecule has 0 aliphatic carbocycles. The van der Waals surface area contributed by atoms with Crippen LogP contribution in [0.25, 0.3) is 0 Å². The van der Waals surface area contributed by atoms with Crippen molar-refractivity contribution >= 4 is 5.69 Å². The molecule has 1 aromatic rings. The van der Waals surface area contributed by atoms with E-state index in [1.807, 2.05) is 0 Å². The summed E-state index contributed by atoms with van der Waals surface area (Å²) in [5, 5.41) is 9.01. The molecule has 0 bridgehead atoms. The molecule has 1 atom stereocenters. The predicted molar refractivity (Wildman–Crippen MR) is 66.4 cm³/mol. The second-order valence-corrected chi connectivity index (χ2v) is 4.40. The molecule has 0 spiro atoms. The first-order chi connectivity index (χ1) is 7.85. The molecule has 2 heteroatoms. The quantitative estimate of drug-likeness (QED) is 0.756. The van der Waals surface area contributed by atoms with Crippen molar-refractivity contribution in [3.63, 3.8) is 0 Å². The number of benzene rings is 1. The van der Waals surface area contributed by atoms with Gasteiger partial charge in [0.25, 0.3) is 0 Å². The van der Waals surface area contributed by atoms with Gasteiger partial charge in [0.15, 0.2) is 0 Å². The lowest BCUT2D eigenvalue weighted by Gasteiger charge is -2.32. The molecule has 0 amide bonds. The van der Waals surface area contributed by atoms with Crippen LogP contribution in [-0.4, -0.2) is 13.1 Å². The van der Waals surface area contributed by atoms with E-state index in [-0.39, 0.29) is 5.92 Å². The van der Waals surface area contributed by atoms with Crippen molar-refractivity contribution in [2.45, 2.75) is 26.2 Å². The van der Waals surface area contributed by atoms with Crippen molar-refractivity contribution in [3.05, 3.63) is 29.8 Å². The molecular weight excluding hydrogens is 196 g/mol. The van der Waals surface area contributed by atoms with Crippen LogP contribution in [0.1, 0.15) is 25.3 Å². The molecule has 84 valence electrons. The number of para-hydroxylation sites is 1. The van der Waals surface area contributed by atoms with Crippen molar-refractivity contribution in [1.29, 1.82) is 5.26 Å². The third-order valence-corrected chi connectivity index (χ3v) is 3.32.